The second kappa shape index (κ2) is 5.61. The second-order valence-electron chi connectivity index (χ2n) is 2.41. The zero-order valence-electron chi connectivity index (χ0n) is 6.12. The highest BCUT2D eigenvalue weighted by atomic mass is 16.5. The van der Waals surface area contributed by atoms with E-state index in [-0.39, 0.29) is 25.2 Å². The van der Waals surface area contributed by atoms with Crippen molar-refractivity contribution in [2.75, 3.05) is 13.2 Å². The normalized spacial score (nSPS) is 16.8. The van der Waals surface area contributed by atoms with Gasteiger partial charge in [-0.15, -0.1) is 0 Å². The molecule has 0 aliphatic heterocycles. The van der Waals surface area contributed by atoms with Gasteiger partial charge in [0.1, 0.15) is 0 Å². The lowest BCUT2D eigenvalue weighted by atomic mass is 10.0. The monoisotopic (exact) mass is 149 g/mol. The largest absolute Gasteiger partial charge is 0.396 e. The lowest BCUT2D eigenvalue weighted by Gasteiger charge is -2.18. The van der Waals surface area contributed by atoms with Gasteiger partial charge in [-0.25, -0.2) is 0 Å². The van der Waals surface area contributed by atoms with Gasteiger partial charge in [0, 0.05) is 6.61 Å². The average molecular weight is 149 g/mol. The first kappa shape index (κ1) is 9.84. The summed E-state index contributed by atoms with van der Waals surface area (Å²) in [6.07, 6.45) is 0.582. The highest BCUT2D eigenvalue weighted by Crippen LogP contribution is 2.05. The van der Waals surface area contributed by atoms with Gasteiger partial charge in [0.05, 0.1) is 12.6 Å². The summed E-state index contributed by atoms with van der Waals surface area (Å²) in [5.41, 5.74) is 1.98. The van der Waals surface area contributed by atoms with E-state index >= 15 is 0 Å². The number of hydrogen-bond donors (Lipinski definition) is 4. The van der Waals surface area contributed by atoms with E-state index in [0.717, 1.165) is 0 Å². The SMILES string of the molecule is CC(CCO)C(CO)NO. The minimum atomic E-state index is -0.327. The number of aliphatic hydroxyl groups is 2. The van der Waals surface area contributed by atoms with E-state index in [2.05, 4.69) is 0 Å². The van der Waals surface area contributed by atoms with E-state index in [1.165, 1.54) is 0 Å². The fourth-order valence-corrected chi connectivity index (χ4v) is 0.753. The van der Waals surface area contributed by atoms with Crippen LogP contribution in [-0.2, 0) is 0 Å². The van der Waals surface area contributed by atoms with Crippen molar-refractivity contribution in [3.63, 3.8) is 0 Å². The van der Waals surface area contributed by atoms with E-state index in [1.54, 1.807) is 0 Å². The fraction of sp³-hybridized carbons (Fsp3) is 1.00. The van der Waals surface area contributed by atoms with E-state index in [4.69, 9.17) is 15.4 Å². The molecule has 0 rings (SSSR count). The van der Waals surface area contributed by atoms with Crippen molar-refractivity contribution in [3.05, 3.63) is 0 Å². The molecule has 0 bridgehead atoms. The molecule has 0 aliphatic rings. The van der Waals surface area contributed by atoms with Crippen LogP contribution in [0.4, 0.5) is 0 Å². The first-order chi connectivity index (χ1) is 4.76. The predicted molar refractivity (Wildman–Crippen MR) is 36.7 cm³/mol. The number of nitrogens with one attached hydrogen (secondary N) is 1. The Morgan fingerprint density at radius 3 is 2.30 bits per heavy atom. The van der Waals surface area contributed by atoms with Crippen molar-refractivity contribution in [3.8, 4) is 0 Å². The minimum absolute atomic E-state index is 0.0827. The lowest BCUT2D eigenvalue weighted by molar-refractivity contribution is 0.0585. The molecule has 0 aromatic heterocycles. The molecular formula is C6H15NO3. The number of hydroxylamine groups is 1. The molecule has 2 unspecified atom stereocenters. The molecule has 0 spiro atoms. The maximum atomic E-state index is 8.62. The summed E-state index contributed by atoms with van der Waals surface area (Å²) in [7, 11) is 0. The summed E-state index contributed by atoms with van der Waals surface area (Å²) in [6, 6.07) is -0.327. The molecule has 10 heavy (non-hydrogen) atoms. The summed E-state index contributed by atoms with van der Waals surface area (Å²) in [5.74, 6) is 0.0833. The third-order valence-corrected chi connectivity index (χ3v) is 1.63. The summed E-state index contributed by atoms with van der Waals surface area (Å²) in [4.78, 5) is 0. The number of aliphatic hydroxyl groups excluding tert-OH is 2. The summed E-state index contributed by atoms with van der Waals surface area (Å²) >= 11 is 0. The van der Waals surface area contributed by atoms with Crippen LogP contribution in [0.15, 0.2) is 0 Å². The van der Waals surface area contributed by atoms with Gasteiger partial charge >= 0.3 is 0 Å². The van der Waals surface area contributed by atoms with Crippen LogP contribution >= 0.6 is 0 Å². The Morgan fingerprint density at radius 2 is 2.00 bits per heavy atom. The van der Waals surface area contributed by atoms with Crippen molar-refractivity contribution in [1.29, 1.82) is 0 Å². The van der Waals surface area contributed by atoms with Crippen molar-refractivity contribution in [1.82, 2.24) is 5.48 Å². The maximum Gasteiger partial charge on any atom is 0.0610 e. The molecule has 2 atom stereocenters. The highest BCUT2D eigenvalue weighted by molar-refractivity contribution is 4.67. The Hall–Kier alpha value is -0.160. The molecule has 0 saturated heterocycles. The Kier molecular flexibility index (Phi) is 5.52. The molecule has 4 nitrogen and oxygen atoms in total. The van der Waals surface area contributed by atoms with Gasteiger partial charge in [-0.1, -0.05) is 6.92 Å². The molecule has 0 saturated carbocycles. The molecule has 4 N–H and O–H groups in total. The van der Waals surface area contributed by atoms with Gasteiger partial charge in [-0.2, -0.15) is 5.48 Å². The smallest absolute Gasteiger partial charge is 0.0610 e. The van der Waals surface area contributed by atoms with Crippen LogP contribution < -0.4 is 5.48 Å². The average Bonchev–Trinajstić information content (AvgIpc) is 1.91. The van der Waals surface area contributed by atoms with Crippen molar-refractivity contribution in [2.45, 2.75) is 19.4 Å². The Balaban J connectivity index is 3.53. The fourth-order valence-electron chi connectivity index (χ4n) is 0.753. The van der Waals surface area contributed by atoms with Gasteiger partial charge in [0.25, 0.3) is 0 Å². The van der Waals surface area contributed by atoms with Crippen molar-refractivity contribution >= 4 is 0 Å². The first-order valence-corrected chi connectivity index (χ1v) is 3.37. The Labute approximate surface area is 60.5 Å². The zero-order valence-corrected chi connectivity index (χ0v) is 6.12. The molecule has 62 valence electrons. The van der Waals surface area contributed by atoms with E-state index < -0.39 is 0 Å². The molecule has 0 aliphatic carbocycles. The number of rotatable bonds is 5. The molecule has 0 aromatic carbocycles. The van der Waals surface area contributed by atoms with Gasteiger partial charge in [0.2, 0.25) is 0 Å². The van der Waals surface area contributed by atoms with Gasteiger partial charge < -0.3 is 15.4 Å². The van der Waals surface area contributed by atoms with Crippen LogP contribution in [0.25, 0.3) is 0 Å². The molecule has 4 heteroatoms. The predicted octanol–water partition coefficient (Wildman–Crippen LogP) is -0.655. The molecule has 0 fully saturated rings. The zero-order chi connectivity index (χ0) is 7.98. The van der Waals surface area contributed by atoms with Gasteiger partial charge in [-0.05, 0) is 12.3 Å². The summed E-state index contributed by atoms with van der Waals surface area (Å²) in [6.45, 7) is 1.82. The molecule has 0 heterocycles. The molecular weight excluding hydrogens is 134 g/mol. The molecule has 0 amide bonds. The topological polar surface area (TPSA) is 72.7 Å². The number of hydrogen-bond acceptors (Lipinski definition) is 4. The highest BCUT2D eigenvalue weighted by Gasteiger charge is 2.13. The van der Waals surface area contributed by atoms with Gasteiger partial charge in [-0.3, -0.25) is 0 Å². The quantitative estimate of drug-likeness (QED) is 0.392. The van der Waals surface area contributed by atoms with Crippen molar-refractivity contribution in [2.24, 2.45) is 5.92 Å². The Morgan fingerprint density at radius 1 is 1.40 bits per heavy atom. The van der Waals surface area contributed by atoms with Crippen LogP contribution in [0, 0.1) is 5.92 Å². The van der Waals surface area contributed by atoms with Crippen LogP contribution in [0.3, 0.4) is 0 Å². The minimum Gasteiger partial charge on any atom is -0.396 e. The molecule has 0 aromatic rings. The van der Waals surface area contributed by atoms with Crippen LogP contribution in [-0.4, -0.2) is 34.7 Å². The van der Waals surface area contributed by atoms with Crippen molar-refractivity contribution < 1.29 is 15.4 Å². The van der Waals surface area contributed by atoms with E-state index in [1.807, 2.05) is 12.4 Å². The summed E-state index contributed by atoms with van der Waals surface area (Å²) in [5, 5.41) is 25.5. The lowest BCUT2D eigenvalue weighted by Crippen LogP contribution is -2.36. The van der Waals surface area contributed by atoms with E-state index in [9.17, 15) is 0 Å². The van der Waals surface area contributed by atoms with Gasteiger partial charge in [0.15, 0.2) is 0 Å². The van der Waals surface area contributed by atoms with E-state index in [0.29, 0.717) is 6.42 Å². The second-order valence-corrected chi connectivity index (χ2v) is 2.41. The first-order valence-electron chi connectivity index (χ1n) is 3.37. The van der Waals surface area contributed by atoms with Crippen LogP contribution in [0.5, 0.6) is 0 Å². The van der Waals surface area contributed by atoms with Crippen LogP contribution in [0.1, 0.15) is 13.3 Å². The van der Waals surface area contributed by atoms with Crippen LogP contribution in [0.2, 0.25) is 0 Å². The standard InChI is InChI=1S/C6H15NO3/c1-5(2-3-8)6(4-9)7-10/h5-10H,2-4H2,1H3. The Bertz CT molecular complexity index is 75.4. The third-order valence-electron chi connectivity index (χ3n) is 1.63. The third kappa shape index (κ3) is 3.12. The maximum absolute atomic E-state index is 8.62. The summed E-state index contributed by atoms with van der Waals surface area (Å²) < 4.78 is 0. The molecule has 0 radical (unpaired) electrons.